The molecule has 2 amide bonds. The number of nitrogens with zero attached hydrogens (tertiary/aromatic N) is 4. The minimum atomic E-state index is -0.235. The van der Waals surface area contributed by atoms with E-state index in [-0.39, 0.29) is 17.8 Å². The molecule has 0 radical (unpaired) electrons. The van der Waals surface area contributed by atoms with Crippen molar-refractivity contribution < 1.29 is 9.90 Å². The van der Waals surface area contributed by atoms with Crippen LogP contribution in [0, 0.1) is 6.92 Å². The topological polar surface area (TPSA) is 83.3 Å². The minimum Gasteiger partial charge on any atom is -0.391 e. The van der Waals surface area contributed by atoms with Gasteiger partial charge >= 0.3 is 6.03 Å². The van der Waals surface area contributed by atoms with Gasteiger partial charge in [0.25, 0.3) is 0 Å². The van der Waals surface area contributed by atoms with Gasteiger partial charge in [0.1, 0.15) is 5.15 Å². The maximum Gasteiger partial charge on any atom is 0.323 e. The van der Waals surface area contributed by atoms with Crippen LogP contribution in [0.3, 0.4) is 0 Å². The molecule has 0 aromatic carbocycles. The average Bonchev–Trinajstić information content (AvgIpc) is 3.06. The Balaban J connectivity index is 2.02. The average molecular weight is 308 g/mol. The summed E-state index contributed by atoms with van der Waals surface area (Å²) in [4.78, 5) is 17.3. The molecule has 110 valence electrons. The summed E-state index contributed by atoms with van der Waals surface area (Å²) < 4.78 is 1.59. The number of hydrogen-bond acceptors (Lipinski definition) is 4. The van der Waals surface area contributed by atoms with Gasteiger partial charge in [0.15, 0.2) is 5.82 Å². The standard InChI is InChI=1S/C13H14ClN5O2/c1-8-6-10(9(7-20)12(14)16-8)19-4-2-11(17-19)18-5-3-15-13(18)21/h2,4,6,20H,3,5,7H2,1H3,(H,15,21). The molecule has 21 heavy (non-hydrogen) atoms. The molecule has 1 saturated heterocycles. The number of pyridine rings is 1. The number of aliphatic hydroxyl groups excluding tert-OH is 1. The van der Waals surface area contributed by atoms with Gasteiger partial charge in [-0.05, 0) is 13.0 Å². The van der Waals surface area contributed by atoms with Gasteiger partial charge in [-0.2, -0.15) is 0 Å². The molecule has 3 heterocycles. The lowest BCUT2D eigenvalue weighted by Crippen LogP contribution is -2.28. The summed E-state index contributed by atoms with van der Waals surface area (Å²) in [7, 11) is 0. The molecular formula is C13H14ClN5O2. The van der Waals surface area contributed by atoms with Crippen LogP contribution >= 0.6 is 11.6 Å². The molecule has 0 bridgehead atoms. The summed E-state index contributed by atoms with van der Waals surface area (Å²) in [6, 6.07) is 3.38. The maximum absolute atomic E-state index is 11.6. The van der Waals surface area contributed by atoms with Crippen LogP contribution in [0.1, 0.15) is 11.3 Å². The number of anilines is 1. The van der Waals surface area contributed by atoms with Crippen LogP contribution in [0.2, 0.25) is 5.15 Å². The SMILES string of the molecule is Cc1cc(-n2ccc(N3CCNC3=O)n2)c(CO)c(Cl)n1. The predicted octanol–water partition coefficient (Wildman–Crippen LogP) is 1.25. The van der Waals surface area contributed by atoms with E-state index < -0.39 is 0 Å². The van der Waals surface area contributed by atoms with Crippen molar-refractivity contribution in [1.29, 1.82) is 0 Å². The van der Waals surface area contributed by atoms with Crippen molar-refractivity contribution in [2.24, 2.45) is 0 Å². The fourth-order valence-electron chi connectivity index (χ4n) is 2.28. The summed E-state index contributed by atoms with van der Waals surface area (Å²) in [6.45, 7) is 2.77. The van der Waals surface area contributed by atoms with Crippen LogP contribution in [0.4, 0.5) is 10.6 Å². The first kappa shape index (κ1) is 13.8. The second kappa shape index (κ2) is 5.34. The number of hydrogen-bond donors (Lipinski definition) is 2. The Hall–Kier alpha value is -2.12. The number of aliphatic hydroxyl groups is 1. The van der Waals surface area contributed by atoms with Crippen molar-refractivity contribution >= 4 is 23.4 Å². The molecule has 0 atom stereocenters. The molecule has 1 aliphatic rings. The molecule has 0 unspecified atom stereocenters. The third-order valence-corrected chi connectivity index (χ3v) is 3.60. The van der Waals surface area contributed by atoms with Crippen LogP contribution in [0.15, 0.2) is 18.3 Å². The van der Waals surface area contributed by atoms with Crippen LogP contribution < -0.4 is 10.2 Å². The Kier molecular flexibility index (Phi) is 3.52. The van der Waals surface area contributed by atoms with E-state index in [4.69, 9.17) is 11.6 Å². The molecule has 2 aromatic rings. The number of nitrogens with one attached hydrogen (secondary N) is 1. The van der Waals surface area contributed by atoms with Crippen molar-refractivity contribution in [3.8, 4) is 5.69 Å². The van der Waals surface area contributed by atoms with Gasteiger partial charge in [0.05, 0.1) is 12.3 Å². The van der Waals surface area contributed by atoms with E-state index in [9.17, 15) is 9.90 Å². The maximum atomic E-state index is 11.6. The summed E-state index contributed by atoms with van der Waals surface area (Å²) in [5.41, 5.74) is 1.88. The van der Waals surface area contributed by atoms with Gasteiger partial charge in [-0.15, -0.1) is 5.10 Å². The molecule has 1 aliphatic heterocycles. The number of carbonyl (C=O) groups is 1. The van der Waals surface area contributed by atoms with Gasteiger partial charge in [0, 0.05) is 36.6 Å². The number of urea groups is 1. The van der Waals surface area contributed by atoms with Gasteiger partial charge in [-0.25, -0.2) is 14.5 Å². The monoisotopic (exact) mass is 307 g/mol. The smallest absolute Gasteiger partial charge is 0.323 e. The first-order valence-electron chi connectivity index (χ1n) is 6.48. The molecule has 2 N–H and O–H groups in total. The number of amides is 2. The predicted molar refractivity (Wildman–Crippen MR) is 77.8 cm³/mol. The minimum absolute atomic E-state index is 0.161. The lowest BCUT2D eigenvalue weighted by Gasteiger charge is -2.12. The fourth-order valence-corrected chi connectivity index (χ4v) is 2.57. The Bertz CT molecular complexity index is 700. The molecule has 2 aromatic heterocycles. The molecule has 1 fully saturated rings. The Labute approximate surface area is 126 Å². The van der Waals surface area contributed by atoms with Gasteiger partial charge < -0.3 is 10.4 Å². The second-order valence-corrected chi connectivity index (χ2v) is 5.07. The molecule has 8 heteroatoms. The quantitative estimate of drug-likeness (QED) is 0.836. The Morgan fingerprint density at radius 1 is 1.52 bits per heavy atom. The van der Waals surface area contributed by atoms with E-state index in [1.807, 2.05) is 6.92 Å². The highest BCUT2D eigenvalue weighted by molar-refractivity contribution is 6.30. The van der Waals surface area contributed by atoms with Crippen molar-refractivity contribution in [1.82, 2.24) is 20.1 Å². The van der Waals surface area contributed by atoms with Crippen molar-refractivity contribution in [3.05, 3.63) is 34.7 Å². The summed E-state index contributed by atoms with van der Waals surface area (Å²) in [6.07, 6.45) is 1.73. The summed E-state index contributed by atoms with van der Waals surface area (Å²) >= 11 is 6.06. The molecule has 0 aliphatic carbocycles. The van der Waals surface area contributed by atoms with Crippen LogP contribution in [0.25, 0.3) is 5.69 Å². The highest BCUT2D eigenvalue weighted by Crippen LogP contribution is 2.24. The molecule has 0 saturated carbocycles. The van der Waals surface area contributed by atoms with E-state index in [2.05, 4.69) is 15.4 Å². The van der Waals surface area contributed by atoms with Gasteiger partial charge in [-0.1, -0.05) is 11.6 Å². The third-order valence-electron chi connectivity index (χ3n) is 3.29. The first-order chi connectivity index (χ1) is 10.1. The molecule has 3 rings (SSSR count). The number of aromatic nitrogens is 3. The largest absolute Gasteiger partial charge is 0.391 e. The molecule has 0 spiro atoms. The third kappa shape index (κ3) is 2.45. The summed E-state index contributed by atoms with van der Waals surface area (Å²) in [5, 5.41) is 16.8. The number of halogens is 1. The van der Waals surface area contributed by atoms with E-state index in [1.54, 1.807) is 27.9 Å². The van der Waals surface area contributed by atoms with Crippen molar-refractivity contribution in [3.63, 3.8) is 0 Å². The second-order valence-electron chi connectivity index (χ2n) is 4.71. The zero-order chi connectivity index (χ0) is 15.0. The number of carbonyl (C=O) groups excluding carboxylic acids is 1. The fraction of sp³-hybridized carbons (Fsp3) is 0.308. The first-order valence-corrected chi connectivity index (χ1v) is 6.86. The Morgan fingerprint density at radius 3 is 3.00 bits per heavy atom. The van der Waals surface area contributed by atoms with Crippen LogP contribution in [-0.2, 0) is 6.61 Å². The van der Waals surface area contributed by atoms with E-state index in [0.717, 1.165) is 5.69 Å². The normalized spacial score (nSPS) is 14.6. The van der Waals surface area contributed by atoms with E-state index in [0.29, 0.717) is 30.2 Å². The van der Waals surface area contributed by atoms with E-state index in [1.165, 1.54) is 0 Å². The van der Waals surface area contributed by atoms with Gasteiger partial charge in [-0.3, -0.25) is 4.90 Å². The lowest BCUT2D eigenvalue weighted by atomic mass is 10.2. The number of rotatable bonds is 3. The zero-order valence-electron chi connectivity index (χ0n) is 11.4. The zero-order valence-corrected chi connectivity index (χ0v) is 12.1. The van der Waals surface area contributed by atoms with E-state index >= 15 is 0 Å². The van der Waals surface area contributed by atoms with Crippen LogP contribution in [-0.4, -0.2) is 39.0 Å². The van der Waals surface area contributed by atoms with Crippen LogP contribution in [0.5, 0.6) is 0 Å². The summed E-state index contributed by atoms with van der Waals surface area (Å²) in [5.74, 6) is 0.555. The van der Waals surface area contributed by atoms with Gasteiger partial charge in [0.2, 0.25) is 0 Å². The number of aryl methyl sites for hydroxylation is 1. The Morgan fingerprint density at radius 2 is 2.33 bits per heavy atom. The highest BCUT2D eigenvalue weighted by Gasteiger charge is 2.23. The lowest BCUT2D eigenvalue weighted by molar-refractivity contribution is 0.252. The van der Waals surface area contributed by atoms with Crippen molar-refractivity contribution in [2.75, 3.05) is 18.0 Å². The molecule has 7 nitrogen and oxygen atoms in total. The highest BCUT2D eigenvalue weighted by atomic mass is 35.5. The molecular weight excluding hydrogens is 294 g/mol. The van der Waals surface area contributed by atoms with Crippen molar-refractivity contribution in [2.45, 2.75) is 13.5 Å².